The lowest BCUT2D eigenvalue weighted by Gasteiger charge is -2.18. The molecular formula is C18H21ClN2O3. The number of halogens is 1. The van der Waals surface area contributed by atoms with E-state index in [1.165, 1.54) is 11.1 Å². The number of hydrogen-bond donors (Lipinski definition) is 2. The van der Waals surface area contributed by atoms with Crippen LogP contribution in [0, 0.1) is 0 Å². The van der Waals surface area contributed by atoms with Crippen molar-refractivity contribution in [3.63, 3.8) is 0 Å². The summed E-state index contributed by atoms with van der Waals surface area (Å²) in [5.41, 5.74) is 3.79. The Balaban J connectivity index is 0.00000208. The van der Waals surface area contributed by atoms with Crippen molar-refractivity contribution in [2.75, 3.05) is 26.1 Å². The molecule has 1 aliphatic heterocycles. The summed E-state index contributed by atoms with van der Waals surface area (Å²) in [7, 11) is 3.11. The second kappa shape index (κ2) is 8.04. The lowest BCUT2D eigenvalue weighted by atomic mass is 10.0. The molecule has 0 saturated heterocycles. The van der Waals surface area contributed by atoms with Gasteiger partial charge in [0.25, 0.3) is 5.91 Å². The minimum absolute atomic E-state index is 0. The van der Waals surface area contributed by atoms with Crippen molar-refractivity contribution in [3.05, 3.63) is 53.1 Å². The SMILES string of the molecule is COc1ccc(OC)c(C(=O)Nc2ccc3c(c2)CNCC3)c1.Cl. The standard InChI is InChI=1S/C18H20N2O3.ClH/c1-22-15-5-6-17(23-2)16(10-15)18(21)20-14-4-3-12-7-8-19-11-13(12)9-14;/h3-6,9-10,19H,7-8,11H2,1-2H3,(H,20,21);1H. The first-order valence-electron chi connectivity index (χ1n) is 7.57. The van der Waals surface area contributed by atoms with Crippen molar-refractivity contribution in [1.82, 2.24) is 5.32 Å². The summed E-state index contributed by atoms with van der Waals surface area (Å²) < 4.78 is 10.5. The molecule has 0 radical (unpaired) electrons. The van der Waals surface area contributed by atoms with Crippen LogP contribution in [-0.2, 0) is 13.0 Å². The number of nitrogens with one attached hydrogen (secondary N) is 2. The molecule has 1 heterocycles. The number of carbonyl (C=O) groups is 1. The molecule has 0 spiro atoms. The van der Waals surface area contributed by atoms with Crippen molar-refractivity contribution in [2.24, 2.45) is 0 Å². The summed E-state index contributed by atoms with van der Waals surface area (Å²) in [5, 5.41) is 6.27. The van der Waals surface area contributed by atoms with E-state index in [2.05, 4.69) is 16.7 Å². The van der Waals surface area contributed by atoms with Gasteiger partial charge in [0.2, 0.25) is 0 Å². The summed E-state index contributed by atoms with van der Waals surface area (Å²) >= 11 is 0. The number of methoxy groups -OCH3 is 2. The smallest absolute Gasteiger partial charge is 0.259 e. The zero-order valence-corrected chi connectivity index (χ0v) is 14.5. The molecule has 2 aromatic rings. The van der Waals surface area contributed by atoms with Gasteiger partial charge in [0.1, 0.15) is 11.5 Å². The molecular weight excluding hydrogens is 328 g/mol. The van der Waals surface area contributed by atoms with Crippen LogP contribution in [0.4, 0.5) is 5.69 Å². The Labute approximate surface area is 147 Å². The molecule has 2 aromatic carbocycles. The minimum atomic E-state index is -0.218. The van der Waals surface area contributed by atoms with Crippen LogP contribution < -0.4 is 20.1 Å². The topological polar surface area (TPSA) is 59.6 Å². The van der Waals surface area contributed by atoms with Crippen molar-refractivity contribution in [2.45, 2.75) is 13.0 Å². The number of ether oxygens (including phenoxy) is 2. The number of amides is 1. The lowest BCUT2D eigenvalue weighted by Crippen LogP contribution is -2.23. The van der Waals surface area contributed by atoms with E-state index < -0.39 is 0 Å². The van der Waals surface area contributed by atoms with Gasteiger partial charge in [-0.25, -0.2) is 0 Å². The van der Waals surface area contributed by atoms with Gasteiger partial charge in [0.15, 0.2) is 0 Å². The van der Waals surface area contributed by atoms with E-state index in [4.69, 9.17) is 9.47 Å². The highest BCUT2D eigenvalue weighted by atomic mass is 35.5. The average molecular weight is 349 g/mol. The van der Waals surface area contributed by atoms with E-state index in [1.807, 2.05) is 12.1 Å². The predicted octanol–water partition coefficient (Wildman–Crippen LogP) is 3.02. The van der Waals surface area contributed by atoms with Gasteiger partial charge in [0.05, 0.1) is 19.8 Å². The zero-order chi connectivity index (χ0) is 16.2. The molecule has 24 heavy (non-hydrogen) atoms. The average Bonchev–Trinajstić information content (AvgIpc) is 2.61. The molecule has 6 heteroatoms. The number of rotatable bonds is 4. The molecule has 0 fully saturated rings. The number of anilines is 1. The van der Waals surface area contributed by atoms with Crippen LogP contribution in [0.15, 0.2) is 36.4 Å². The third-order valence-corrected chi connectivity index (χ3v) is 4.00. The molecule has 0 aliphatic carbocycles. The number of carbonyl (C=O) groups excluding carboxylic acids is 1. The maximum atomic E-state index is 12.6. The van der Waals surface area contributed by atoms with E-state index in [0.717, 1.165) is 25.2 Å². The van der Waals surface area contributed by atoms with Crippen molar-refractivity contribution < 1.29 is 14.3 Å². The van der Waals surface area contributed by atoms with Gasteiger partial charge in [-0.3, -0.25) is 4.79 Å². The molecule has 0 aromatic heterocycles. The first-order chi connectivity index (χ1) is 11.2. The molecule has 128 valence electrons. The highest BCUT2D eigenvalue weighted by Gasteiger charge is 2.15. The monoisotopic (exact) mass is 348 g/mol. The van der Waals surface area contributed by atoms with Crippen LogP contribution >= 0.6 is 12.4 Å². The third-order valence-electron chi connectivity index (χ3n) is 4.00. The Hall–Kier alpha value is -2.24. The second-order valence-corrected chi connectivity index (χ2v) is 5.43. The summed E-state index contributed by atoms with van der Waals surface area (Å²) in [6.45, 7) is 1.83. The van der Waals surface area contributed by atoms with Gasteiger partial charge in [-0.2, -0.15) is 0 Å². The fourth-order valence-electron chi connectivity index (χ4n) is 2.75. The molecule has 0 atom stereocenters. The first kappa shape index (κ1) is 18.1. The number of benzene rings is 2. The van der Waals surface area contributed by atoms with Gasteiger partial charge >= 0.3 is 0 Å². The van der Waals surface area contributed by atoms with E-state index in [-0.39, 0.29) is 18.3 Å². The summed E-state index contributed by atoms with van der Waals surface area (Å²) in [5.74, 6) is 0.915. The summed E-state index contributed by atoms with van der Waals surface area (Å²) in [6.07, 6.45) is 1.02. The Bertz CT molecular complexity index is 734. The van der Waals surface area contributed by atoms with E-state index in [1.54, 1.807) is 32.4 Å². The number of fused-ring (bicyclic) bond motifs is 1. The molecule has 0 bridgehead atoms. The van der Waals surface area contributed by atoms with Crippen LogP contribution in [0.25, 0.3) is 0 Å². The molecule has 3 rings (SSSR count). The Morgan fingerprint density at radius 2 is 1.92 bits per heavy atom. The van der Waals surface area contributed by atoms with Gasteiger partial charge in [0, 0.05) is 12.2 Å². The summed E-state index contributed by atoms with van der Waals surface area (Å²) in [4.78, 5) is 12.6. The van der Waals surface area contributed by atoms with E-state index in [0.29, 0.717) is 17.1 Å². The highest BCUT2D eigenvalue weighted by Crippen LogP contribution is 2.26. The molecule has 5 nitrogen and oxygen atoms in total. The lowest BCUT2D eigenvalue weighted by molar-refractivity contribution is 0.102. The van der Waals surface area contributed by atoms with Crippen molar-refractivity contribution >= 4 is 24.0 Å². The van der Waals surface area contributed by atoms with Gasteiger partial charge in [-0.05, 0) is 54.4 Å². The summed E-state index contributed by atoms with van der Waals surface area (Å²) in [6, 6.07) is 11.2. The second-order valence-electron chi connectivity index (χ2n) is 5.43. The first-order valence-corrected chi connectivity index (χ1v) is 7.57. The van der Waals surface area contributed by atoms with Crippen LogP contribution in [-0.4, -0.2) is 26.7 Å². The molecule has 1 amide bonds. The highest BCUT2D eigenvalue weighted by molar-refractivity contribution is 6.06. The molecule has 0 saturated carbocycles. The van der Waals surface area contributed by atoms with Crippen molar-refractivity contribution in [3.8, 4) is 11.5 Å². The Morgan fingerprint density at radius 3 is 2.67 bits per heavy atom. The quantitative estimate of drug-likeness (QED) is 0.891. The van der Waals surface area contributed by atoms with Crippen molar-refractivity contribution in [1.29, 1.82) is 0 Å². The maximum Gasteiger partial charge on any atom is 0.259 e. The minimum Gasteiger partial charge on any atom is -0.497 e. The normalized spacial score (nSPS) is 12.6. The maximum absolute atomic E-state index is 12.6. The molecule has 2 N–H and O–H groups in total. The van der Waals surface area contributed by atoms with Crippen LogP contribution in [0.2, 0.25) is 0 Å². The van der Waals surface area contributed by atoms with Gasteiger partial charge < -0.3 is 20.1 Å². The zero-order valence-electron chi connectivity index (χ0n) is 13.7. The predicted molar refractivity (Wildman–Crippen MR) is 96.6 cm³/mol. The third kappa shape index (κ3) is 3.80. The fraction of sp³-hybridized carbons (Fsp3) is 0.278. The fourth-order valence-corrected chi connectivity index (χ4v) is 2.75. The van der Waals surface area contributed by atoms with Gasteiger partial charge in [-0.1, -0.05) is 6.07 Å². The molecule has 0 unspecified atom stereocenters. The van der Waals surface area contributed by atoms with E-state index >= 15 is 0 Å². The molecule has 1 aliphatic rings. The van der Waals surface area contributed by atoms with Crippen LogP contribution in [0.5, 0.6) is 11.5 Å². The number of hydrogen-bond acceptors (Lipinski definition) is 4. The Morgan fingerprint density at radius 1 is 1.08 bits per heavy atom. The largest absolute Gasteiger partial charge is 0.497 e. The van der Waals surface area contributed by atoms with Gasteiger partial charge in [-0.15, -0.1) is 12.4 Å². The van der Waals surface area contributed by atoms with E-state index in [9.17, 15) is 4.79 Å². The van der Waals surface area contributed by atoms with Crippen LogP contribution in [0.3, 0.4) is 0 Å². The Kier molecular flexibility index (Phi) is 6.06. The van der Waals surface area contributed by atoms with Crippen LogP contribution in [0.1, 0.15) is 21.5 Å².